The summed E-state index contributed by atoms with van der Waals surface area (Å²) in [5.74, 6) is -1.39. The number of benzene rings is 3. The number of rotatable bonds is 8. The van der Waals surface area contributed by atoms with Crippen LogP contribution in [-0.2, 0) is 12.7 Å². The molecule has 5 rings (SSSR count). The number of amides is 3. The van der Waals surface area contributed by atoms with Gasteiger partial charge in [-0.05, 0) is 61.0 Å². The first-order valence-electron chi connectivity index (χ1n) is 14.3. The van der Waals surface area contributed by atoms with Crippen LogP contribution in [0.25, 0.3) is 11.3 Å². The Balaban J connectivity index is 1.26. The van der Waals surface area contributed by atoms with E-state index in [0.717, 1.165) is 12.1 Å². The van der Waals surface area contributed by atoms with Crippen LogP contribution >= 0.6 is 11.6 Å². The molecule has 3 amide bonds. The van der Waals surface area contributed by atoms with Crippen LogP contribution in [0, 0.1) is 18.6 Å². The van der Waals surface area contributed by atoms with Gasteiger partial charge in [0.25, 0.3) is 5.91 Å². The number of nitrogens with zero attached hydrogens (tertiary/aromatic N) is 4. The Hall–Kier alpha value is -4.49. The second-order valence-electron chi connectivity index (χ2n) is 10.7. The van der Waals surface area contributed by atoms with Gasteiger partial charge in [0.2, 0.25) is 0 Å². The molecule has 3 aromatic carbocycles. The van der Waals surface area contributed by atoms with Crippen LogP contribution in [0.5, 0.6) is 0 Å². The molecular formula is C32H29ClF5N5O3. The van der Waals surface area contributed by atoms with Gasteiger partial charge in [-0.15, -0.1) is 0 Å². The Labute approximate surface area is 266 Å². The summed E-state index contributed by atoms with van der Waals surface area (Å²) < 4.78 is 72.3. The van der Waals surface area contributed by atoms with Gasteiger partial charge in [0.15, 0.2) is 0 Å². The Morgan fingerprint density at radius 1 is 0.978 bits per heavy atom. The van der Waals surface area contributed by atoms with Gasteiger partial charge in [-0.1, -0.05) is 35.0 Å². The predicted molar refractivity (Wildman–Crippen MR) is 161 cm³/mol. The van der Waals surface area contributed by atoms with E-state index in [-0.39, 0.29) is 46.4 Å². The molecule has 0 atom stereocenters. The highest BCUT2D eigenvalue weighted by atomic mass is 35.5. The second-order valence-corrected chi connectivity index (χ2v) is 11.2. The maximum absolute atomic E-state index is 14.8. The lowest BCUT2D eigenvalue weighted by molar-refractivity contribution is -0.137. The van der Waals surface area contributed by atoms with Gasteiger partial charge in [0, 0.05) is 51.5 Å². The molecule has 2 heterocycles. The summed E-state index contributed by atoms with van der Waals surface area (Å²) in [6, 6.07) is 13.6. The number of carbonyl (C=O) groups excluding carboxylic acids is 2. The summed E-state index contributed by atoms with van der Waals surface area (Å²) in [5.41, 5.74) is 0.0742. The van der Waals surface area contributed by atoms with Gasteiger partial charge in [-0.25, -0.2) is 13.6 Å². The molecule has 242 valence electrons. The SMILES string of the molecule is Cc1onc(-c2c(F)cccc2Cl)c1C(=O)N(CCN1CCN(C(=O)Nc2ccc(C(F)(F)F)cc2)CC1)Cc1ccc(F)cc1. The molecule has 1 saturated heterocycles. The summed E-state index contributed by atoms with van der Waals surface area (Å²) in [6.07, 6.45) is -4.47. The maximum atomic E-state index is 14.8. The molecule has 0 spiro atoms. The van der Waals surface area contributed by atoms with Crippen LogP contribution < -0.4 is 5.32 Å². The summed E-state index contributed by atoms with van der Waals surface area (Å²) in [6.45, 7) is 3.94. The van der Waals surface area contributed by atoms with Crippen molar-refractivity contribution >= 4 is 29.2 Å². The van der Waals surface area contributed by atoms with Gasteiger partial charge in [-0.3, -0.25) is 9.69 Å². The van der Waals surface area contributed by atoms with Gasteiger partial charge < -0.3 is 19.6 Å². The van der Waals surface area contributed by atoms with Crippen molar-refractivity contribution in [3.63, 3.8) is 0 Å². The number of hydrogen-bond acceptors (Lipinski definition) is 5. The van der Waals surface area contributed by atoms with Gasteiger partial charge in [0.05, 0.1) is 16.1 Å². The summed E-state index contributed by atoms with van der Waals surface area (Å²) in [5, 5.41) is 6.63. The number of urea groups is 1. The predicted octanol–water partition coefficient (Wildman–Crippen LogP) is 7.09. The minimum absolute atomic E-state index is 0.0256. The number of halogens is 6. The Morgan fingerprint density at radius 2 is 1.65 bits per heavy atom. The molecule has 14 heteroatoms. The quantitative estimate of drug-likeness (QED) is 0.204. The summed E-state index contributed by atoms with van der Waals surface area (Å²) in [7, 11) is 0. The van der Waals surface area contributed by atoms with E-state index in [2.05, 4.69) is 15.4 Å². The van der Waals surface area contributed by atoms with E-state index < -0.39 is 35.3 Å². The number of aryl methyl sites for hydroxylation is 1. The summed E-state index contributed by atoms with van der Waals surface area (Å²) >= 11 is 6.28. The van der Waals surface area contributed by atoms with Crippen molar-refractivity contribution in [3.8, 4) is 11.3 Å². The topological polar surface area (TPSA) is 81.9 Å². The van der Waals surface area contributed by atoms with Crippen LogP contribution in [0.1, 0.15) is 27.2 Å². The zero-order valence-electron chi connectivity index (χ0n) is 24.6. The van der Waals surface area contributed by atoms with Crippen LogP contribution in [0.3, 0.4) is 0 Å². The van der Waals surface area contributed by atoms with Gasteiger partial charge >= 0.3 is 12.2 Å². The van der Waals surface area contributed by atoms with E-state index in [1.54, 1.807) is 24.0 Å². The highest BCUT2D eigenvalue weighted by Gasteiger charge is 2.31. The lowest BCUT2D eigenvalue weighted by Crippen LogP contribution is -2.51. The number of alkyl halides is 3. The van der Waals surface area contributed by atoms with Crippen LogP contribution in [-0.4, -0.2) is 71.1 Å². The highest BCUT2D eigenvalue weighted by molar-refractivity contribution is 6.33. The molecule has 8 nitrogen and oxygen atoms in total. The normalized spacial score (nSPS) is 13.9. The molecule has 0 unspecified atom stereocenters. The number of carbonyl (C=O) groups is 2. The average molecular weight is 662 g/mol. The van der Waals surface area contributed by atoms with E-state index in [1.165, 1.54) is 47.4 Å². The number of aromatic nitrogens is 1. The van der Waals surface area contributed by atoms with Crippen LogP contribution in [0.15, 0.2) is 71.3 Å². The molecule has 1 aliphatic rings. The third-order valence-corrected chi connectivity index (χ3v) is 7.97. The van der Waals surface area contributed by atoms with Gasteiger partial charge in [-0.2, -0.15) is 13.2 Å². The lowest BCUT2D eigenvalue weighted by Gasteiger charge is -2.36. The van der Waals surface area contributed by atoms with E-state index in [0.29, 0.717) is 38.3 Å². The zero-order valence-corrected chi connectivity index (χ0v) is 25.3. The zero-order chi connectivity index (χ0) is 33.0. The first-order chi connectivity index (χ1) is 21.9. The molecule has 1 fully saturated rings. The minimum atomic E-state index is -4.47. The monoisotopic (exact) mass is 661 g/mol. The Morgan fingerprint density at radius 3 is 2.28 bits per heavy atom. The molecule has 0 aliphatic carbocycles. The Bertz CT molecular complexity index is 1670. The molecule has 1 aromatic heterocycles. The first-order valence-corrected chi connectivity index (χ1v) is 14.7. The van der Waals surface area contributed by atoms with Crippen molar-refractivity contribution in [2.75, 3.05) is 44.6 Å². The smallest absolute Gasteiger partial charge is 0.360 e. The van der Waals surface area contributed by atoms with E-state index >= 15 is 0 Å². The minimum Gasteiger partial charge on any atom is -0.360 e. The van der Waals surface area contributed by atoms with E-state index in [1.807, 2.05) is 0 Å². The third-order valence-electron chi connectivity index (χ3n) is 7.66. The maximum Gasteiger partial charge on any atom is 0.416 e. The van der Waals surface area contributed by atoms with Crippen molar-refractivity contribution in [1.82, 2.24) is 19.9 Å². The number of nitrogens with one attached hydrogen (secondary N) is 1. The van der Waals surface area contributed by atoms with Gasteiger partial charge in [0.1, 0.15) is 28.7 Å². The standard InChI is InChI=1S/C32H29ClF5N5O3/c1-20-27(29(40-46-20)28-25(33)3-2-4-26(28)35)30(44)43(19-21-5-9-23(34)10-6-21)18-15-41-13-16-42(17-14-41)31(45)39-24-11-7-22(8-12-24)32(36,37)38/h2-12H,13-19H2,1H3,(H,39,45). The molecule has 1 aliphatic heterocycles. The van der Waals surface area contributed by atoms with Crippen LogP contribution in [0.2, 0.25) is 5.02 Å². The molecule has 46 heavy (non-hydrogen) atoms. The van der Waals surface area contributed by atoms with Crippen molar-refractivity contribution in [3.05, 3.63) is 106 Å². The molecule has 0 radical (unpaired) electrons. The molecular weight excluding hydrogens is 633 g/mol. The molecule has 0 bridgehead atoms. The fraction of sp³-hybridized carbons (Fsp3) is 0.281. The lowest BCUT2D eigenvalue weighted by atomic mass is 10.0. The molecule has 4 aromatic rings. The molecule has 0 saturated carbocycles. The van der Waals surface area contributed by atoms with Crippen molar-refractivity contribution in [1.29, 1.82) is 0 Å². The number of hydrogen-bond donors (Lipinski definition) is 1. The average Bonchev–Trinajstić information content (AvgIpc) is 3.40. The fourth-order valence-corrected chi connectivity index (χ4v) is 5.37. The number of piperazine rings is 1. The van der Waals surface area contributed by atoms with Crippen molar-refractivity contribution in [2.24, 2.45) is 0 Å². The fourth-order valence-electron chi connectivity index (χ4n) is 5.12. The van der Waals surface area contributed by atoms with Crippen LogP contribution in [0.4, 0.5) is 32.4 Å². The number of anilines is 1. The highest BCUT2D eigenvalue weighted by Crippen LogP contribution is 2.34. The second kappa shape index (κ2) is 13.9. The van der Waals surface area contributed by atoms with Crippen molar-refractivity contribution < 1.29 is 36.1 Å². The van der Waals surface area contributed by atoms with Crippen molar-refractivity contribution in [2.45, 2.75) is 19.6 Å². The largest absolute Gasteiger partial charge is 0.416 e. The third kappa shape index (κ3) is 7.65. The van der Waals surface area contributed by atoms with E-state index in [4.69, 9.17) is 16.1 Å². The molecule has 1 N–H and O–H groups in total. The Kier molecular flexibility index (Phi) is 9.92. The first kappa shape index (κ1) is 32.9. The van der Waals surface area contributed by atoms with E-state index in [9.17, 15) is 31.5 Å². The summed E-state index contributed by atoms with van der Waals surface area (Å²) in [4.78, 5) is 31.9.